The van der Waals surface area contributed by atoms with E-state index < -0.39 is 0 Å². The summed E-state index contributed by atoms with van der Waals surface area (Å²) in [7, 11) is 0. The second kappa shape index (κ2) is 5.62. The molecule has 0 unspecified atom stereocenters. The highest BCUT2D eigenvalue weighted by molar-refractivity contribution is 9.10. The maximum absolute atomic E-state index is 9.42. The normalized spacial score (nSPS) is 10.7. The summed E-state index contributed by atoms with van der Waals surface area (Å²) in [5, 5.41) is 21.4. The van der Waals surface area contributed by atoms with Crippen LogP contribution in [0, 0.1) is 0 Å². The van der Waals surface area contributed by atoms with Gasteiger partial charge in [-0.25, -0.2) is 0 Å². The molecule has 0 saturated heterocycles. The van der Waals surface area contributed by atoms with Crippen molar-refractivity contribution in [3.05, 3.63) is 28.2 Å². The van der Waals surface area contributed by atoms with Gasteiger partial charge < -0.3 is 15.1 Å². The van der Waals surface area contributed by atoms with Crippen molar-refractivity contribution < 1.29 is 15.1 Å². The number of nitrogens with zero attached hydrogens (tertiary/aromatic N) is 1. The number of oxime groups is 1. The van der Waals surface area contributed by atoms with Gasteiger partial charge in [0.25, 0.3) is 0 Å². The van der Waals surface area contributed by atoms with Crippen LogP contribution in [0.1, 0.15) is 5.56 Å². The molecule has 14 heavy (non-hydrogen) atoms. The number of phenolic OH excluding ortho intramolecular Hbond substituents is 1. The molecule has 0 fully saturated rings. The molecule has 5 heteroatoms. The molecule has 0 aliphatic carbocycles. The van der Waals surface area contributed by atoms with Crippen LogP contribution in [0.3, 0.4) is 0 Å². The zero-order valence-electron chi connectivity index (χ0n) is 7.35. The summed E-state index contributed by atoms with van der Waals surface area (Å²) in [6.07, 6.45) is 1.39. The third-order valence-corrected chi connectivity index (χ3v) is 1.93. The van der Waals surface area contributed by atoms with E-state index in [1.54, 1.807) is 18.2 Å². The summed E-state index contributed by atoms with van der Waals surface area (Å²) < 4.78 is 0.795. The van der Waals surface area contributed by atoms with Crippen molar-refractivity contribution in [2.75, 3.05) is 13.2 Å². The Morgan fingerprint density at radius 2 is 2.29 bits per heavy atom. The van der Waals surface area contributed by atoms with E-state index in [-0.39, 0.29) is 19.0 Å². The van der Waals surface area contributed by atoms with Crippen molar-refractivity contribution in [1.82, 2.24) is 0 Å². The maximum Gasteiger partial charge on any atom is 0.140 e. The largest absolute Gasteiger partial charge is 0.507 e. The lowest BCUT2D eigenvalue weighted by atomic mass is 10.2. The first kappa shape index (κ1) is 11.0. The van der Waals surface area contributed by atoms with E-state index in [4.69, 9.17) is 5.11 Å². The Labute approximate surface area is 89.9 Å². The Morgan fingerprint density at radius 3 is 2.93 bits per heavy atom. The van der Waals surface area contributed by atoms with E-state index in [0.29, 0.717) is 5.56 Å². The molecule has 4 nitrogen and oxygen atoms in total. The van der Waals surface area contributed by atoms with Gasteiger partial charge >= 0.3 is 0 Å². The van der Waals surface area contributed by atoms with Crippen LogP contribution >= 0.6 is 15.9 Å². The topological polar surface area (TPSA) is 62.0 Å². The van der Waals surface area contributed by atoms with Gasteiger partial charge in [-0.2, -0.15) is 0 Å². The number of aliphatic hydroxyl groups is 1. The lowest BCUT2D eigenvalue weighted by Gasteiger charge is -1.98. The van der Waals surface area contributed by atoms with Crippen molar-refractivity contribution in [3.8, 4) is 5.75 Å². The molecule has 0 amide bonds. The minimum Gasteiger partial charge on any atom is -0.507 e. The summed E-state index contributed by atoms with van der Waals surface area (Å²) in [6.45, 7) is 0.0669. The first-order valence-electron chi connectivity index (χ1n) is 3.98. The summed E-state index contributed by atoms with van der Waals surface area (Å²) >= 11 is 3.22. The number of hydrogen-bond donors (Lipinski definition) is 2. The van der Waals surface area contributed by atoms with Gasteiger partial charge in [0.1, 0.15) is 12.4 Å². The number of rotatable bonds is 4. The molecule has 76 valence electrons. The molecule has 1 aromatic carbocycles. The molecule has 0 aliphatic heterocycles. The van der Waals surface area contributed by atoms with Crippen LogP contribution in [0.15, 0.2) is 27.8 Å². The van der Waals surface area contributed by atoms with Gasteiger partial charge in [0.2, 0.25) is 0 Å². The van der Waals surface area contributed by atoms with Crippen molar-refractivity contribution in [2.24, 2.45) is 5.16 Å². The number of phenols is 1. The Morgan fingerprint density at radius 1 is 1.50 bits per heavy atom. The van der Waals surface area contributed by atoms with Crippen LogP contribution in [0.25, 0.3) is 0 Å². The molecule has 2 N–H and O–H groups in total. The van der Waals surface area contributed by atoms with Crippen molar-refractivity contribution in [1.29, 1.82) is 0 Å². The molecule has 1 aromatic rings. The third kappa shape index (κ3) is 3.35. The molecule has 0 aromatic heterocycles. The maximum atomic E-state index is 9.42. The van der Waals surface area contributed by atoms with E-state index in [9.17, 15) is 5.11 Å². The van der Waals surface area contributed by atoms with Gasteiger partial charge in [-0.3, -0.25) is 0 Å². The molecular weight excluding hydrogens is 250 g/mol. The second-order valence-corrected chi connectivity index (χ2v) is 3.41. The summed E-state index contributed by atoms with van der Waals surface area (Å²) in [5.41, 5.74) is 0.561. The average Bonchev–Trinajstić information content (AvgIpc) is 2.15. The number of aliphatic hydroxyl groups excluding tert-OH is 1. The lowest BCUT2D eigenvalue weighted by Crippen LogP contribution is -1.93. The van der Waals surface area contributed by atoms with E-state index in [2.05, 4.69) is 25.9 Å². The smallest absolute Gasteiger partial charge is 0.140 e. The van der Waals surface area contributed by atoms with E-state index in [1.807, 2.05) is 0 Å². The van der Waals surface area contributed by atoms with Gasteiger partial charge in [-0.1, -0.05) is 21.1 Å². The first-order valence-corrected chi connectivity index (χ1v) is 4.78. The Bertz CT molecular complexity index is 328. The molecule has 1 rings (SSSR count). The van der Waals surface area contributed by atoms with Crippen molar-refractivity contribution in [2.45, 2.75) is 0 Å². The zero-order valence-corrected chi connectivity index (χ0v) is 8.94. The predicted octanol–water partition coefficient (Wildman–Crippen LogP) is 1.50. The van der Waals surface area contributed by atoms with Crippen LogP contribution in [0.2, 0.25) is 0 Å². The summed E-state index contributed by atoms with van der Waals surface area (Å²) in [5.74, 6) is 0.121. The second-order valence-electron chi connectivity index (χ2n) is 2.49. The molecule has 0 aliphatic rings. The van der Waals surface area contributed by atoms with Gasteiger partial charge in [0.15, 0.2) is 0 Å². The highest BCUT2D eigenvalue weighted by atomic mass is 79.9. The van der Waals surface area contributed by atoms with Crippen LogP contribution in [0.4, 0.5) is 0 Å². The van der Waals surface area contributed by atoms with Crippen LogP contribution in [-0.4, -0.2) is 29.6 Å². The molecule has 0 spiro atoms. The highest BCUT2D eigenvalue weighted by Gasteiger charge is 1.97. The van der Waals surface area contributed by atoms with Crippen molar-refractivity contribution in [3.63, 3.8) is 0 Å². The number of aromatic hydroxyl groups is 1. The highest BCUT2D eigenvalue weighted by Crippen LogP contribution is 2.20. The quantitative estimate of drug-likeness (QED) is 0.490. The summed E-state index contributed by atoms with van der Waals surface area (Å²) in [6, 6.07) is 5.05. The third-order valence-electron chi connectivity index (χ3n) is 1.44. The van der Waals surface area contributed by atoms with Crippen LogP contribution in [-0.2, 0) is 4.84 Å². The Kier molecular flexibility index (Phi) is 4.42. The van der Waals surface area contributed by atoms with Gasteiger partial charge in [0, 0.05) is 10.0 Å². The fourth-order valence-electron chi connectivity index (χ4n) is 0.814. The van der Waals surface area contributed by atoms with E-state index in [0.717, 1.165) is 4.47 Å². The Hall–Kier alpha value is -1.07. The molecule has 0 heterocycles. The van der Waals surface area contributed by atoms with Crippen LogP contribution in [0.5, 0.6) is 5.75 Å². The van der Waals surface area contributed by atoms with E-state index in [1.165, 1.54) is 6.21 Å². The fourth-order valence-corrected chi connectivity index (χ4v) is 1.16. The van der Waals surface area contributed by atoms with Crippen LogP contribution < -0.4 is 0 Å². The molecule has 0 saturated carbocycles. The molecule has 0 atom stereocenters. The zero-order chi connectivity index (χ0) is 10.4. The average molecular weight is 260 g/mol. The summed E-state index contributed by atoms with van der Waals surface area (Å²) in [4.78, 5) is 4.67. The fraction of sp³-hybridized carbons (Fsp3) is 0.222. The lowest BCUT2D eigenvalue weighted by molar-refractivity contribution is 0.0997. The minimum absolute atomic E-state index is 0.0797. The number of hydrogen-bond acceptors (Lipinski definition) is 4. The molecule has 0 radical (unpaired) electrons. The van der Waals surface area contributed by atoms with Gasteiger partial charge in [-0.05, 0) is 18.2 Å². The Balaban J connectivity index is 2.62. The molecular formula is C9H10BrNO3. The first-order chi connectivity index (χ1) is 6.74. The van der Waals surface area contributed by atoms with Gasteiger partial charge in [0.05, 0.1) is 12.8 Å². The monoisotopic (exact) mass is 259 g/mol. The SMILES string of the molecule is OCCON=Cc1ccc(Br)cc1O. The van der Waals surface area contributed by atoms with Gasteiger partial charge in [-0.15, -0.1) is 0 Å². The minimum atomic E-state index is -0.0797. The number of halogens is 1. The molecule has 0 bridgehead atoms. The predicted molar refractivity (Wildman–Crippen MR) is 56.4 cm³/mol. The van der Waals surface area contributed by atoms with E-state index >= 15 is 0 Å². The van der Waals surface area contributed by atoms with Crippen molar-refractivity contribution >= 4 is 22.1 Å². The standard InChI is InChI=1S/C9H10BrNO3/c10-8-2-1-7(9(13)5-8)6-11-14-4-3-12/h1-2,5-6,12-13H,3-4H2. The number of benzene rings is 1.